The van der Waals surface area contributed by atoms with Crippen LogP contribution >= 0.6 is 0 Å². The number of rotatable bonds is 5. The fraction of sp³-hybridized carbons (Fsp3) is 0.346. The molecular formula is C26H28F2N6O3. The number of benzene rings is 2. The van der Waals surface area contributed by atoms with E-state index in [-0.39, 0.29) is 24.2 Å². The van der Waals surface area contributed by atoms with Crippen LogP contribution in [0.4, 0.5) is 25.2 Å². The number of hydrogen-bond donors (Lipinski definition) is 1. The van der Waals surface area contributed by atoms with Crippen molar-refractivity contribution in [1.29, 1.82) is 0 Å². The van der Waals surface area contributed by atoms with E-state index in [1.54, 1.807) is 36.3 Å². The molecule has 1 aromatic heterocycles. The number of piperazine rings is 1. The van der Waals surface area contributed by atoms with Gasteiger partial charge in [0.2, 0.25) is 11.8 Å². The Bertz CT molecular complexity index is 1300. The molecule has 0 aliphatic carbocycles. The molecule has 3 aromatic rings. The van der Waals surface area contributed by atoms with E-state index in [9.17, 15) is 13.6 Å². The Balaban J connectivity index is 1.43. The van der Waals surface area contributed by atoms with Gasteiger partial charge in [0.25, 0.3) is 0 Å². The summed E-state index contributed by atoms with van der Waals surface area (Å²) in [6.07, 6.45) is 0.479. The first-order valence-electron chi connectivity index (χ1n) is 12.1. The van der Waals surface area contributed by atoms with E-state index in [4.69, 9.17) is 14.5 Å². The number of halogens is 2. The standard InChI is InChI=1S/C26H28F2N6O3/c1-32-10-12-33(13-11-32)25-30-22-8-9-34(26(35)29-18-4-3-5-19(15-18)36-2)16-20(22)24(31-25)37-23-7-6-17(27)14-21(23)28/h3-7,14-15H,8-13,16H2,1-2H3,(H,29,35). The third-order valence-corrected chi connectivity index (χ3v) is 6.51. The minimum Gasteiger partial charge on any atom is -0.497 e. The summed E-state index contributed by atoms with van der Waals surface area (Å²) in [7, 11) is 3.62. The number of carbonyl (C=O) groups excluding carboxylic acids is 1. The summed E-state index contributed by atoms with van der Waals surface area (Å²) >= 11 is 0. The molecule has 0 unspecified atom stereocenters. The Morgan fingerprint density at radius 2 is 1.84 bits per heavy atom. The van der Waals surface area contributed by atoms with Crippen molar-refractivity contribution in [3.05, 3.63) is 65.4 Å². The predicted octanol–water partition coefficient (Wildman–Crippen LogP) is 3.90. The zero-order valence-corrected chi connectivity index (χ0v) is 20.7. The van der Waals surface area contributed by atoms with Gasteiger partial charge in [0.1, 0.15) is 11.6 Å². The van der Waals surface area contributed by atoms with Gasteiger partial charge in [-0.1, -0.05) is 6.07 Å². The average molecular weight is 511 g/mol. The molecule has 2 aliphatic rings. The molecule has 0 radical (unpaired) electrons. The number of carbonyl (C=O) groups is 1. The van der Waals surface area contributed by atoms with Crippen LogP contribution in [0.25, 0.3) is 0 Å². The Hall–Kier alpha value is -3.99. The normalized spacial score (nSPS) is 15.8. The number of ether oxygens (including phenoxy) is 2. The fourth-order valence-electron chi connectivity index (χ4n) is 4.34. The van der Waals surface area contributed by atoms with Crippen molar-refractivity contribution in [1.82, 2.24) is 19.8 Å². The third kappa shape index (κ3) is 5.56. The van der Waals surface area contributed by atoms with Crippen LogP contribution in [0.1, 0.15) is 11.3 Å². The average Bonchev–Trinajstić information content (AvgIpc) is 2.90. The van der Waals surface area contributed by atoms with Crippen molar-refractivity contribution in [2.45, 2.75) is 13.0 Å². The van der Waals surface area contributed by atoms with Gasteiger partial charge >= 0.3 is 6.03 Å². The number of methoxy groups -OCH3 is 1. The molecule has 0 bridgehead atoms. The number of amides is 2. The van der Waals surface area contributed by atoms with Crippen molar-refractivity contribution in [3.63, 3.8) is 0 Å². The van der Waals surface area contributed by atoms with E-state index >= 15 is 0 Å². The van der Waals surface area contributed by atoms with Crippen LogP contribution in [-0.2, 0) is 13.0 Å². The second kappa shape index (κ2) is 10.6. The first-order valence-corrected chi connectivity index (χ1v) is 12.1. The summed E-state index contributed by atoms with van der Waals surface area (Å²) in [5.74, 6) is -0.403. The Morgan fingerprint density at radius 1 is 1.03 bits per heavy atom. The molecule has 9 nitrogen and oxygen atoms in total. The lowest BCUT2D eigenvalue weighted by atomic mass is 10.1. The first kappa shape index (κ1) is 24.7. The van der Waals surface area contributed by atoms with Crippen molar-refractivity contribution in [2.75, 3.05) is 57.1 Å². The molecular weight excluding hydrogens is 482 g/mol. The molecule has 2 aromatic carbocycles. The number of nitrogens with zero attached hydrogens (tertiary/aromatic N) is 5. The summed E-state index contributed by atoms with van der Waals surface area (Å²) < 4.78 is 39.1. The molecule has 1 saturated heterocycles. The number of likely N-dealkylation sites (N-methyl/N-ethyl adjacent to an activating group) is 1. The van der Waals surface area contributed by atoms with Crippen LogP contribution in [-0.4, -0.2) is 72.7 Å². The monoisotopic (exact) mass is 510 g/mol. The lowest BCUT2D eigenvalue weighted by Gasteiger charge is -2.34. The van der Waals surface area contributed by atoms with Gasteiger partial charge in [-0.3, -0.25) is 0 Å². The minimum atomic E-state index is -0.836. The summed E-state index contributed by atoms with van der Waals surface area (Å²) in [5.41, 5.74) is 1.93. The summed E-state index contributed by atoms with van der Waals surface area (Å²) in [6, 6.07) is 9.89. The minimum absolute atomic E-state index is 0.149. The molecule has 11 heteroatoms. The van der Waals surface area contributed by atoms with Gasteiger partial charge in [-0.2, -0.15) is 4.98 Å². The molecule has 0 atom stereocenters. The van der Waals surface area contributed by atoms with Crippen LogP contribution in [0.5, 0.6) is 17.4 Å². The molecule has 2 amide bonds. The topological polar surface area (TPSA) is 83.1 Å². The summed E-state index contributed by atoms with van der Waals surface area (Å²) in [4.78, 5) is 28.4. The van der Waals surface area contributed by atoms with Crippen molar-refractivity contribution in [3.8, 4) is 17.4 Å². The van der Waals surface area contributed by atoms with Gasteiger partial charge in [0, 0.05) is 57.0 Å². The van der Waals surface area contributed by atoms with Crippen LogP contribution in [0, 0.1) is 11.6 Å². The molecule has 5 rings (SSSR count). The van der Waals surface area contributed by atoms with Crippen molar-refractivity contribution >= 4 is 17.7 Å². The van der Waals surface area contributed by atoms with E-state index in [0.717, 1.165) is 44.0 Å². The summed E-state index contributed by atoms with van der Waals surface area (Å²) in [5, 5.41) is 2.88. The predicted molar refractivity (Wildman–Crippen MR) is 134 cm³/mol. The number of nitrogens with one attached hydrogen (secondary N) is 1. The van der Waals surface area contributed by atoms with E-state index in [1.165, 1.54) is 6.07 Å². The highest BCUT2D eigenvalue weighted by molar-refractivity contribution is 5.89. The van der Waals surface area contributed by atoms with Crippen molar-refractivity contribution in [2.24, 2.45) is 0 Å². The largest absolute Gasteiger partial charge is 0.497 e. The molecule has 3 heterocycles. The van der Waals surface area contributed by atoms with Gasteiger partial charge in [-0.15, -0.1) is 0 Å². The number of anilines is 2. The molecule has 0 saturated carbocycles. The number of fused-ring (bicyclic) bond motifs is 1. The SMILES string of the molecule is COc1cccc(NC(=O)N2CCc3nc(N4CCN(C)CC4)nc(Oc4ccc(F)cc4F)c3C2)c1. The second-order valence-corrected chi connectivity index (χ2v) is 9.05. The first-order chi connectivity index (χ1) is 17.9. The van der Waals surface area contributed by atoms with Crippen LogP contribution in [0.2, 0.25) is 0 Å². The molecule has 0 spiro atoms. The van der Waals surface area contributed by atoms with Crippen LogP contribution in [0.15, 0.2) is 42.5 Å². The maximum absolute atomic E-state index is 14.5. The van der Waals surface area contributed by atoms with Gasteiger partial charge in [0.05, 0.1) is 24.9 Å². The summed E-state index contributed by atoms with van der Waals surface area (Å²) in [6.45, 7) is 3.82. The van der Waals surface area contributed by atoms with Gasteiger partial charge in [-0.05, 0) is 31.3 Å². The quantitative estimate of drug-likeness (QED) is 0.558. The number of hydrogen-bond acceptors (Lipinski definition) is 7. The molecule has 194 valence electrons. The van der Waals surface area contributed by atoms with E-state index in [0.29, 0.717) is 35.9 Å². The lowest BCUT2D eigenvalue weighted by molar-refractivity contribution is 0.204. The highest BCUT2D eigenvalue weighted by atomic mass is 19.1. The van der Waals surface area contributed by atoms with Gasteiger partial charge < -0.3 is 29.5 Å². The smallest absolute Gasteiger partial charge is 0.322 e. The molecule has 1 N–H and O–H groups in total. The number of urea groups is 1. The molecule has 2 aliphatic heterocycles. The lowest BCUT2D eigenvalue weighted by Crippen LogP contribution is -2.45. The molecule has 1 fully saturated rings. The van der Waals surface area contributed by atoms with E-state index in [1.807, 2.05) is 0 Å². The molecule has 37 heavy (non-hydrogen) atoms. The fourth-order valence-corrected chi connectivity index (χ4v) is 4.34. The van der Waals surface area contributed by atoms with Crippen LogP contribution in [0.3, 0.4) is 0 Å². The second-order valence-electron chi connectivity index (χ2n) is 9.05. The van der Waals surface area contributed by atoms with Gasteiger partial charge in [-0.25, -0.2) is 18.6 Å². The van der Waals surface area contributed by atoms with Crippen LogP contribution < -0.4 is 19.7 Å². The number of aromatic nitrogens is 2. The maximum atomic E-state index is 14.5. The zero-order valence-electron chi connectivity index (χ0n) is 20.7. The Morgan fingerprint density at radius 3 is 2.59 bits per heavy atom. The highest BCUT2D eigenvalue weighted by Crippen LogP contribution is 2.33. The Kier molecular flexibility index (Phi) is 7.04. The van der Waals surface area contributed by atoms with E-state index < -0.39 is 11.6 Å². The van der Waals surface area contributed by atoms with Crippen molar-refractivity contribution < 1.29 is 23.0 Å². The Labute approximate surface area is 213 Å². The third-order valence-electron chi connectivity index (χ3n) is 6.51. The zero-order chi connectivity index (χ0) is 25.9. The van der Waals surface area contributed by atoms with E-state index in [2.05, 4.69) is 27.1 Å². The van der Waals surface area contributed by atoms with Gasteiger partial charge in [0.15, 0.2) is 11.6 Å². The highest BCUT2D eigenvalue weighted by Gasteiger charge is 2.29. The maximum Gasteiger partial charge on any atom is 0.322 e.